The van der Waals surface area contributed by atoms with Gasteiger partial charge in [0.15, 0.2) is 0 Å². The molecule has 2 heteroatoms. The summed E-state index contributed by atoms with van der Waals surface area (Å²) in [6.07, 6.45) is 2.57. The average molecular weight is 296 g/mol. The Kier molecular flexibility index (Phi) is 4.91. The van der Waals surface area contributed by atoms with E-state index >= 15 is 0 Å². The molecule has 0 saturated carbocycles. The van der Waals surface area contributed by atoms with Crippen LogP contribution in [0.2, 0.25) is 0 Å². The standard InChI is InChI=1S/C20H24O2/c1-3-4-19-13-22-20(14-21-19)18-11-9-17(10-12-18)16-7-5-15(2)6-8-16/h5-12,19-20H,3-4,13-14H2,1-2H3/t19-,20-/m0/s1. The normalized spacial score (nSPS) is 21.7. The van der Waals surface area contributed by atoms with Gasteiger partial charge in [-0.05, 0) is 30.0 Å². The van der Waals surface area contributed by atoms with Gasteiger partial charge < -0.3 is 9.47 Å². The van der Waals surface area contributed by atoms with Crippen LogP contribution in [0.5, 0.6) is 0 Å². The number of aryl methyl sites for hydroxylation is 1. The minimum atomic E-state index is 0.0696. The largest absolute Gasteiger partial charge is 0.373 e. The van der Waals surface area contributed by atoms with Crippen molar-refractivity contribution in [3.05, 3.63) is 59.7 Å². The van der Waals surface area contributed by atoms with E-state index in [1.54, 1.807) is 0 Å². The van der Waals surface area contributed by atoms with Gasteiger partial charge in [0.2, 0.25) is 0 Å². The third-order valence-electron chi connectivity index (χ3n) is 4.24. The molecule has 0 aromatic heterocycles. The van der Waals surface area contributed by atoms with Gasteiger partial charge in [-0.1, -0.05) is 67.4 Å². The molecule has 0 bridgehead atoms. The van der Waals surface area contributed by atoms with E-state index in [-0.39, 0.29) is 12.2 Å². The fourth-order valence-electron chi connectivity index (χ4n) is 2.86. The predicted octanol–water partition coefficient (Wildman–Crippen LogP) is 4.92. The van der Waals surface area contributed by atoms with E-state index < -0.39 is 0 Å². The van der Waals surface area contributed by atoms with Crippen LogP contribution in [0.4, 0.5) is 0 Å². The first-order valence-electron chi connectivity index (χ1n) is 8.16. The van der Waals surface area contributed by atoms with Crippen molar-refractivity contribution in [2.45, 2.75) is 38.9 Å². The Bertz CT molecular complexity index is 578. The minimum absolute atomic E-state index is 0.0696. The molecule has 0 amide bonds. The topological polar surface area (TPSA) is 18.5 Å². The number of hydrogen-bond acceptors (Lipinski definition) is 2. The molecule has 2 nitrogen and oxygen atoms in total. The fourth-order valence-corrected chi connectivity index (χ4v) is 2.86. The Morgan fingerprint density at radius 2 is 1.50 bits per heavy atom. The Morgan fingerprint density at radius 1 is 0.864 bits per heavy atom. The van der Waals surface area contributed by atoms with Crippen molar-refractivity contribution in [1.29, 1.82) is 0 Å². The van der Waals surface area contributed by atoms with Gasteiger partial charge in [0.05, 0.1) is 19.3 Å². The van der Waals surface area contributed by atoms with Gasteiger partial charge in [0, 0.05) is 0 Å². The monoisotopic (exact) mass is 296 g/mol. The predicted molar refractivity (Wildman–Crippen MR) is 90.0 cm³/mol. The molecule has 1 fully saturated rings. The Hall–Kier alpha value is -1.64. The van der Waals surface area contributed by atoms with Crippen molar-refractivity contribution >= 4 is 0 Å². The van der Waals surface area contributed by atoms with Gasteiger partial charge in [0.1, 0.15) is 6.10 Å². The Labute approximate surface area is 133 Å². The van der Waals surface area contributed by atoms with E-state index in [9.17, 15) is 0 Å². The molecular formula is C20H24O2. The maximum Gasteiger partial charge on any atom is 0.106 e. The summed E-state index contributed by atoms with van der Waals surface area (Å²) in [5.41, 5.74) is 4.98. The van der Waals surface area contributed by atoms with Crippen molar-refractivity contribution in [2.24, 2.45) is 0 Å². The van der Waals surface area contributed by atoms with Gasteiger partial charge in [-0.25, -0.2) is 0 Å². The van der Waals surface area contributed by atoms with E-state index in [0.717, 1.165) is 12.8 Å². The summed E-state index contributed by atoms with van der Waals surface area (Å²) in [5, 5.41) is 0. The second kappa shape index (κ2) is 7.08. The summed E-state index contributed by atoms with van der Waals surface area (Å²) in [7, 11) is 0. The molecule has 1 aliphatic heterocycles. The third kappa shape index (κ3) is 3.57. The summed E-state index contributed by atoms with van der Waals surface area (Å²) in [5.74, 6) is 0. The maximum atomic E-state index is 5.97. The number of rotatable bonds is 4. The van der Waals surface area contributed by atoms with Gasteiger partial charge >= 0.3 is 0 Å². The lowest BCUT2D eigenvalue weighted by atomic mass is 10.0. The van der Waals surface area contributed by atoms with Crippen LogP contribution in [-0.2, 0) is 9.47 Å². The van der Waals surface area contributed by atoms with Gasteiger partial charge in [-0.3, -0.25) is 0 Å². The van der Waals surface area contributed by atoms with Crippen LogP contribution in [-0.4, -0.2) is 19.3 Å². The Morgan fingerprint density at radius 3 is 2.05 bits per heavy atom. The molecule has 0 unspecified atom stereocenters. The molecular weight excluding hydrogens is 272 g/mol. The summed E-state index contributed by atoms with van der Waals surface area (Å²) in [6.45, 7) is 5.66. The molecule has 3 rings (SSSR count). The van der Waals surface area contributed by atoms with Crippen LogP contribution in [0.15, 0.2) is 48.5 Å². The number of ether oxygens (including phenoxy) is 2. The van der Waals surface area contributed by atoms with Gasteiger partial charge in [0.25, 0.3) is 0 Å². The van der Waals surface area contributed by atoms with Crippen molar-refractivity contribution in [2.75, 3.05) is 13.2 Å². The SMILES string of the molecule is CCC[C@H]1CO[C@H](c2ccc(-c3ccc(C)cc3)cc2)CO1. The summed E-state index contributed by atoms with van der Waals surface area (Å²) < 4.78 is 11.9. The zero-order valence-corrected chi connectivity index (χ0v) is 13.4. The first-order valence-corrected chi connectivity index (χ1v) is 8.16. The molecule has 1 aliphatic rings. The fraction of sp³-hybridized carbons (Fsp3) is 0.400. The van der Waals surface area contributed by atoms with Crippen molar-refractivity contribution in [3.8, 4) is 11.1 Å². The summed E-state index contributed by atoms with van der Waals surface area (Å²) >= 11 is 0. The van der Waals surface area contributed by atoms with Gasteiger partial charge in [-0.15, -0.1) is 0 Å². The van der Waals surface area contributed by atoms with Crippen LogP contribution in [0.25, 0.3) is 11.1 Å². The van der Waals surface area contributed by atoms with E-state index in [2.05, 4.69) is 62.4 Å². The zero-order valence-electron chi connectivity index (χ0n) is 13.4. The second-order valence-corrected chi connectivity index (χ2v) is 6.05. The molecule has 1 heterocycles. The lowest BCUT2D eigenvalue weighted by Crippen LogP contribution is -2.30. The highest BCUT2D eigenvalue weighted by molar-refractivity contribution is 5.64. The van der Waals surface area contributed by atoms with Crippen molar-refractivity contribution in [1.82, 2.24) is 0 Å². The van der Waals surface area contributed by atoms with Crippen LogP contribution in [0, 0.1) is 6.92 Å². The summed E-state index contributed by atoms with van der Waals surface area (Å²) in [6, 6.07) is 17.3. The van der Waals surface area contributed by atoms with E-state index in [4.69, 9.17) is 9.47 Å². The quantitative estimate of drug-likeness (QED) is 0.797. The highest BCUT2D eigenvalue weighted by Gasteiger charge is 2.22. The summed E-state index contributed by atoms with van der Waals surface area (Å²) in [4.78, 5) is 0. The smallest absolute Gasteiger partial charge is 0.106 e. The lowest BCUT2D eigenvalue weighted by Gasteiger charge is -2.29. The first-order chi connectivity index (χ1) is 10.8. The van der Waals surface area contributed by atoms with Crippen LogP contribution >= 0.6 is 0 Å². The third-order valence-corrected chi connectivity index (χ3v) is 4.24. The molecule has 2 aromatic rings. The highest BCUT2D eigenvalue weighted by Crippen LogP contribution is 2.27. The second-order valence-electron chi connectivity index (χ2n) is 6.05. The lowest BCUT2D eigenvalue weighted by molar-refractivity contribution is -0.137. The molecule has 0 N–H and O–H groups in total. The number of hydrogen-bond donors (Lipinski definition) is 0. The molecule has 1 saturated heterocycles. The van der Waals surface area contributed by atoms with Crippen molar-refractivity contribution < 1.29 is 9.47 Å². The average Bonchev–Trinajstić information content (AvgIpc) is 2.57. The molecule has 2 atom stereocenters. The van der Waals surface area contributed by atoms with E-state index in [1.807, 2.05) is 0 Å². The molecule has 2 aromatic carbocycles. The highest BCUT2D eigenvalue weighted by atomic mass is 16.6. The van der Waals surface area contributed by atoms with Crippen molar-refractivity contribution in [3.63, 3.8) is 0 Å². The van der Waals surface area contributed by atoms with Crippen LogP contribution in [0.3, 0.4) is 0 Å². The molecule has 0 radical (unpaired) electrons. The van der Waals surface area contributed by atoms with Crippen LogP contribution in [0.1, 0.15) is 37.0 Å². The molecule has 22 heavy (non-hydrogen) atoms. The minimum Gasteiger partial charge on any atom is -0.373 e. The van der Waals surface area contributed by atoms with Gasteiger partial charge in [-0.2, -0.15) is 0 Å². The number of benzene rings is 2. The maximum absolute atomic E-state index is 5.97. The first kappa shape index (κ1) is 15.3. The zero-order chi connectivity index (χ0) is 15.4. The molecule has 0 spiro atoms. The molecule has 116 valence electrons. The molecule has 0 aliphatic carbocycles. The van der Waals surface area contributed by atoms with E-state index in [0.29, 0.717) is 13.2 Å². The Balaban J connectivity index is 1.66. The van der Waals surface area contributed by atoms with E-state index in [1.165, 1.54) is 22.3 Å². The van der Waals surface area contributed by atoms with Crippen LogP contribution < -0.4 is 0 Å².